The summed E-state index contributed by atoms with van der Waals surface area (Å²) in [5.74, 6) is 1.06. The average Bonchev–Trinajstić information content (AvgIpc) is 3.22. The molecule has 1 aromatic heterocycles. The molecular weight excluding hydrogens is 325 g/mol. The number of carbonyl (C=O) groups excluding carboxylic acids is 1. The fourth-order valence-corrected chi connectivity index (χ4v) is 2.96. The van der Waals surface area contributed by atoms with Crippen LogP contribution in [0.5, 0.6) is 5.75 Å². The molecule has 2 atom stereocenters. The SMILES string of the molecule is C[C@H](COc1ccc(F)cc1)NC(=O)N1CCC[C@H]1c1nncn1C. The third-order valence-corrected chi connectivity index (χ3v) is 4.24. The predicted octanol–water partition coefficient (Wildman–Crippen LogP) is 2.27. The van der Waals surface area contributed by atoms with E-state index in [0.717, 1.165) is 18.7 Å². The number of aryl methyl sites for hydroxylation is 1. The maximum atomic E-state index is 12.9. The van der Waals surface area contributed by atoms with Gasteiger partial charge in [-0.15, -0.1) is 10.2 Å². The monoisotopic (exact) mass is 347 g/mol. The molecule has 1 aliphatic heterocycles. The van der Waals surface area contributed by atoms with Gasteiger partial charge in [-0.25, -0.2) is 9.18 Å². The molecule has 0 radical (unpaired) electrons. The van der Waals surface area contributed by atoms with Crippen LogP contribution in [0.1, 0.15) is 31.6 Å². The number of nitrogens with zero attached hydrogens (tertiary/aromatic N) is 4. The summed E-state index contributed by atoms with van der Waals surface area (Å²) in [6.07, 6.45) is 3.45. The van der Waals surface area contributed by atoms with Crippen LogP contribution in [0.2, 0.25) is 0 Å². The van der Waals surface area contributed by atoms with Crippen LogP contribution in [-0.2, 0) is 7.05 Å². The molecule has 1 saturated heterocycles. The number of urea groups is 1. The maximum absolute atomic E-state index is 12.9. The van der Waals surface area contributed by atoms with Crippen LogP contribution in [0.15, 0.2) is 30.6 Å². The molecule has 0 unspecified atom stereocenters. The van der Waals surface area contributed by atoms with Gasteiger partial charge in [0.2, 0.25) is 0 Å². The first-order chi connectivity index (χ1) is 12.0. The lowest BCUT2D eigenvalue weighted by Crippen LogP contribution is -2.45. The fourth-order valence-electron chi connectivity index (χ4n) is 2.96. The molecule has 1 aromatic carbocycles. The molecule has 0 aliphatic carbocycles. The van der Waals surface area contributed by atoms with Gasteiger partial charge in [0.1, 0.15) is 24.5 Å². The van der Waals surface area contributed by atoms with Gasteiger partial charge < -0.3 is 19.5 Å². The van der Waals surface area contributed by atoms with Gasteiger partial charge in [0.25, 0.3) is 0 Å². The van der Waals surface area contributed by atoms with Crippen molar-refractivity contribution in [3.8, 4) is 5.75 Å². The Morgan fingerprint density at radius 1 is 1.44 bits per heavy atom. The number of ether oxygens (including phenoxy) is 1. The van der Waals surface area contributed by atoms with Gasteiger partial charge in [0.15, 0.2) is 5.82 Å². The number of carbonyl (C=O) groups is 1. The van der Waals surface area contributed by atoms with E-state index < -0.39 is 0 Å². The summed E-state index contributed by atoms with van der Waals surface area (Å²) in [7, 11) is 1.88. The molecule has 7 nitrogen and oxygen atoms in total. The Balaban J connectivity index is 1.54. The van der Waals surface area contributed by atoms with Crippen molar-refractivity contribution in [2.75, 3.05) is 13.2 Å². The number of nitrogens with one attached hydrogen (secondary N) is 1. The van der Waals surface area contributed by atoms with Gasteiger partial charge in [-0.05, 0) is 44.0 Å². The first-order valence-electron chi connectivity index (χ1n) is 8.34. The van der Waals surface area contributed by atoms with Crippen LogP contribution in [0.3, 0.4) is 0 Å². The molecule has 25 heavy (non-hydrogen) atoms. The van der Waals surface area contributed by atoms with E-state index in [4.69, 9.17) is 4.74 Å². The van der Waals surface area contributed by atoms with Gasteiger partial charge in [-0.3, -0.25) is 0 Å². The number of aromatic nitrogens is 3. The Labute approximate surface area is 145 Å². The van der Waals surface area contributed by atoms with Crippen molar-refractivity contribution in [1.29, 1.82) is 0 Å². The van der Waals surface area contributed by atoms with Crippen molar-refractivity contribution in [1.82, 2.24) is 25.0 Å². The minimum absolute atomic E-state index is 0.0577. The number of likely N-dealkylation sites (tertiary alicyclic amines) is 1. The molecule has 8 heteroatoms. The van der Waals surface area contributed by atoms with E-state index in [-0.39, 0.29) is 23.9 Å². The predicted molar refractivity (Wildman–Crippen MR) is 89.6 cm³/mol. The van der Waals surface area contributed by atoms with Crippen LogP contribution >= 0.6 is 0 Å². The Hall–Kier alpha value is -2.64. The third-order valence-electron chi connectivity index (χ3n) is 4.24. The van der Waals surface area contributed by atoms with Crippen LogP contribution in [0.4, 0.5) is 9.18 Å². The lowest BCUT2D eigenvalue weighted by molar-refractivity contribution is 0.180. The number of hydrogen-bond acceptors (Lipinski definition) is 4. The number of benzene rings is 1. The molecule has 0 bridgehead atoms. The first kappa shape index (κ1) is 17.2. The zero-order valence-corrected chi connectivity index (χ0v) is 14.4. The molecular formula is C17H22FN5O2. The molecule has 2 amide bonds. The normalized spacial score (nSPS) is 18.2. The zero-order chi connectivity index (χ0) is 17.8. The highest BCUT2D eigenvalue weighted by molar-refractivity contribution is 5.75. The van der Waals surface area contributed by atoms with Crippen LogP contribution in [-0.4, -0.2) is 44.9 Å². The summed E-state index contributed by atoms with van der Waals surface area (Å²) in [5, 5.41) is 11.0. The molecule has 0 saturated carbocycles. The summed E-state index contributed by atoms with van der Waals surface area (Å²) < 4.78 is 20.3. The quantitative estimate of drug-likeness (QED) is 0.901. The Kier molecular flexibility index (Phi) is 5.16. The van der Waals surface area contributed by atoms with Crippen molar-refractivity contribution in [2.24, 2.45) is 7.05 Å². The first-order valence-corrected chi connectivity index (χ1v) is 8.34. The summed E-state index contributed by atoms with van der Waals surface area (Å²) in [6, 6.07) is 5.43. The Morgan fingerprint density at radius 3 is 2.88 bits per heavy atom. The van der Waals surface area contributed by atoms with Gasteiger partial charge in [-0.2, -0.15) is 0 Å². The highest BCUT2D eigenvalue weighted by atomic mass is 19.1. The topological polar surface area (TPSA) is 72.3 Å². The van der Waals surface area contributed by atoms with Crippen LogP contribution in [0, 0.1) is 5.82 Å². The minimum Gasteiger partial charge on any atom is -0.491 e. The summed E-state index contributed by atoms with van der Waals surface area (Å²) in [4.78, 5) is 14.4. The molecule has 1 fully saturated rings. The third kappa shape index (κ3) is 4.07. The second-order valence-corrected chi connectivity index (χ2v) is 6.27. The van der Waals surface area contributed by atoms with E-state index in [1.54, 1.807) is 23.4 Å². The fraction of sp³-hybridized carbons (Fsp3) is 0.471. The average molecular weight is 347 g/mol. The number of hydrogen-bond donors (Lipinski definition) is 1. The van der Waals surface area contributed by atoms with E-state index in [9.17, 15) is 9.18 Å². The second kappa shape index (κ2) is 7.50. The highest BCUT2D eigenvalue weighted by Crippen LogP contribution is 2.30. The van der Waals surface area contributed by atoms with Crippen molar-refractivity contribution in [3.05, 3.63) is 42.2 Å². The van der Waals surface area contributed by atoms with E-state index in [2.05, 4.69) is 15.5 Å². The van der Waals surface area contributed by atoms with Crippen LogP contribution < -0.4 is 10.1 Å². The molecule has 3 rings (SSSR count). The molecule has 134 valence electrons. The smallest absolute Gasteiger partial charge is 0.318 e. The van der Waals surface area contributed by atoms with Crippen molar-refractivity contribution in [2.45, 2.75) is 31.8 Å². The van der Waals surface area contributed by atoms with Gasteiger partial charge in [-0.1, -0.05) is 0 Å². The lowest BCUT2D eigenvalue weighted by atomic mass is 10.2. The summed E-state index contributed by atoms with van der Waals surface area (Å²) in [6.45, 7) is 2.86. The van der Waals surface area contributed by atoms with Crippen molar-refractivity contribution in [3.63, 3.8) is 0 Å². The van der Waals surface area contributed by atoms with E-state index in [1.807, 2.05) is 18.5 Å². The van der Waals surface area contributed by atoms with Crippen LogP contribution in [0.25, 0.3) is 0 Å². The summed E-state index contributed by atoms with van der Waals surface area (Å²) in [5.41, 5.74) is 0. The van der Waals surface area contributed by atoms with E-state index in [1.165, 1.54) is 12.1 Å². The largest absolute Gasteiger partial charge is 0.491 e. The molecule has 1 aliphatic rings. The van der Waals surface area contributed by atoms with Crippen molar-refractivity contribution >= 4 is 6.03 Å². The standard InChI is InChI=1S/C17H22FN5O2/c1-12(10-25-14-7-5-13(18)6-8-14)20-17(24)23-9-3-4-15(23)16-21-19-11-22(16)2/h5-8,11-12,15H,3-4,9-10H2,1-2H3,(H,20,24)/t12-,15+/m1/s1. The maximum Gasteiger partial charge on any atom is 0.318 e. The summed E-state index contributed by atoms with van der Waals surface area (Å²) >= 11 is 0. The highest BCUT2D eigenvalue weighted by Gasteiger charge is 2.33. The second-order valence-electron chi connectivity index (χ2n) is 6.27. The van der Waals surface area contributed by atoms with Gasteiger partial charge in [0.05, 0.1) is 12.1 Å². The van der Waals surface area contributed by atoms with Gasteiger partial charge in [0, 0.05) is 13.6 Å². The minimum atomic E-state index is -0.308. The van der Waals surface area contributed by atoms with E-state index >= 15 is 0 Å². The molecule has 2 aromatic rings. The molecule has 0 spiro atoms. The molecule has 1 N–H and O–H groups in total. The Bertz CT molecular complexity index is 718. The Morgan fingerprint density at radius 2 is 2.20 bits per heavy atom. The lowest BCUT2D eigenvalue weighted by Gasteiger charge is -2.26. The molecule has 2 heterocycles. The number of halogens is 1. The van der Waals surface area contributed by atoms with Crippen molar-refractivity contribution < 1.29 is 13.9 Å². The van der Waals surface area contributed by atoms with E-state index in [0.29, 0.717) is 18.9 Å². The number of amides is 2. The number of rotatable bonds is 5. The van der Waals surface area contributed by atoms with Gasteiger partial charge >= 0.3 is 6.03 Å². The zero-order valence-electron chi connectivity index (χ0n) is 14.4.